The highest BCUT2D eigenvalue weighted by Gasteiger charge is 2.19. The summed E-state index contributed by atoms with van der Waals surface area (Å²) in [6.45, 7) is 5.06. The third-order valence-electron chi connectivity index (χ3n) is 4.62. The Morgan fingerprint density at radius 2 is 1.79 bits per heavy atom. The van der Waals surface area contributed by atoms with Crippen molar-refractivity contribution in [1.82, 2.24) is 10.3 Å². The van der Waals surface area contributed by atoms with Crippen molar-refractivity contribution in [2.24, 2.45) is 0 Å². The molecule has 2 aromatic carbocycles. The van der Waals surface area contributed by atoms with Gasteiger partial charge in [-0.25, -0.2) is 4.79 Å². The number of para-hydroxylation sites is 1. The van der Waals surface area contributed by atoms with E-state index in [0.29, 0.717) is 16.3 Å². The molecule has 0 fully saturated rings. The fraction of sp³-hybridized carbons (Fsp3) is 0.227. The second-order valence-electron chi connectivity index (χ2n) is 6.60. The summed E-state index contributed by atoms with van der Waals surface area (Å²) in [4.78, 5) is 29.3. The molecule has 28 heavy (non-hydrogen) atoms. The van der Waals surface area contributed by atoms with Crippen molar-refractivity contribution in [2.75, 3.05) is 6.61 Å². The number of amides is 1. The third-order valence-corrected chi connectivity index (χ3v) is 4.96. The number of carbonyl (C=O) groups excluding carboxylic acids is 2. The van der Waals surface area contributed by atoms with Gasteiger partial charge < -0.3 is 10.1 Å². The lowest BCUT2D eigenvalue weighted by Gasteiger charge is -2.16. The quantitative estimate of drug-likeness (QED) is 0.643. The second-order valence-corrected chi connectivity index (χ2v) is 7.01. The van der Waals surface area contributed by atoms with E-state index in [1.54, 1.807) is 13.0 Å². The molecule has 0 spiro atoms. The van der Waals surface area contributed by atoms with E-state index in [2.05, 4.69) is 10.3 Å². The van der Waals surface area contributed by atoms with Gasteiger partial charge in [-0.2, -0.15) is 0 Å². The number of carbonyl (C=O) groups is 2. The molecule has 0 bridgehead atoms. The van der Waals surface area contributed by atoms with Crippen LogP contribution in [-0.2, 0) is 9.53 Å². The number of halogens is 1. The molecule has 0 radical (unpaired) electrons. The van der Waals surface area contributed by atoms with Crippen molar-refractivity contribution >= 4 is 34.4 Å². The molecule has 3 rings (SSSR count). The van der Waals surface area contributed by atoms with Gasteiger partial charge >= 0.3 is 5.97 Å². The Kier molecular flexibility index (Phi) is 5.95. The summed E-state index contributed by atoms with van der Waals surface area (Å²) in [6.07, 6.45) is 0. The van der Waals surface area contributed by atoms with Crippen LogP contribution in [0.1, 0.15) is 40.1 Å². The fourth-order valence-electron chi connectivity index (χ4n) is 3.22. The second kappa shape index (κ2) is 8.40. The minimum Gasteiger partial charge on any atom is -0.452 e. The number of hydrogen-bond acceptors (Lipinski definition) is 4. The first-order valence-electron chi connectivity index (χ1n) is 8.95. The standard InChI is InChI=1S/C22H21ClN2O3/c1-13-16-8-5-7-11-19(16)24-15(3)21(13)22(27)28-12-20(26)25-14(2)17-9-4-6-10-18(17)23/h4-11,14H,12H2,1-3H3,(H,25,26)/t14-/m0/s1. The molecule has 0 saturated heterocycles. The van der Waals surface area contributed by atoms with Gasteiger partial charge in [-0.05, 0) is 44.0 Å². The number of benzene rings is 2. The van der Waals surface area contributed by atoms with Crippen LogP contribution in [0.5, 0.6) is 0 Å². The normalized spacial score (nSPS) is 11.9. The number of hydrogen-bond donors (Lipinski definition) is 1. The summed E-state index contributed by atoms with van der Waals surface area (Å²) >= 11 is 6.15. The number of aromatic nitrogens is 1. The van der Waals surface area contributed by atoms with E-state index in [-0.39, 0.29) is 12.6 Å². The zero-order chi connectivity index (χ0) is 20.3. The first-order valence-corrected chi connectivity index (χ1v) is 9.33. The van der Waals surface area contributed by atoms with E-state index in [9.17, 15) is 9.59 Å². The van der Waals surface area contributed by atoms with E-state index in [1.165, 1.54) is 0 Å². The average molecular weight is 397 g/mol. The highest BCUT2D eigenvalue weighted by Crippen LogP contribution is 2.24. The number of ether oxygens (including phenoxy) is 1. The average Bonchev–Trinajstić information content (AvgIpc) is 2.66. The molecular formula is C22H21ClN2O3. The number of pyridine rings is 1. The lowest BCUT2D eigenvalue weighted by molar-refractivity contribution is -0.124. The van der Waals surface area contributed by atoms with Gasteiger partial charge in [0.1, 0.15) is 0 Å². The molecule has 1 aromatic heterocycles. The number of nitrogens with one attached hydrogen (secondary N) is 1. The van der Waals surface area contributed by atoms with Crippen LogP contribution in [0, 0.1) is 13.8 Å². The molecule has 1 heterocycles. The lowest BCUT2D eigenvalue weighted by Crippen LogP contribution is -2.31. The molecule has 1 atom stereocenters. The van der Waals surface area contributed by atoms with Crippen LogP contribution < -0.4 is 5.32 Å². The minimum absolute atomic E-state index is 0.300. The molecule has 0 saturated carbocycles. The SMILES string of the molecule is Cc1nc2ccccc2c(C)c1C(=O)OCC(=O)N[C@@H](C)c1ccccc1Cl. The highest BCUT2D eigenvalue weighted by molar-refractivity contribution is 6.31. The molecule has 3 aromatic rings. The summed E-state index contributed by atoms with van der Waals surface area (Å²) in [6, 6.07) is 14.6. The minimum atomic E-state index is -0.561. The Morgan fingerprint density at radius 3 is 2.54 bits per heavy atom. The Hall–Kier alpha value is -2.92. The zero-order valence-corrected chi connectivity index (χ0v) is 16.7. The number of nitrogens with zero attached hydrogens (tertiary/aromatic N) is 1. The van der Waals surface area contributed by atoms with E-state index in [1.807, 2.05) is 56.3 Å². The Labute approximate surface area is 168 Å². The number of aryl methyl sites for hydroxylation is 2. The molecular weight excluding hydrogens is 376 g/mol. The van der Waals surface area contributed by atoms with Crippen LogP contribution in [0.3, 0.4) is 0 Å². The van der Waals surface area contributed by atoms with Crippen LogP contribution in [0.4, 0.5) is 0 Å². The number of esters is 1. The van der Waals surface area contributed by atoms with E-state index >= 15 is 0 Å². The van der Waals surface area contributed by atoms with Crippen LogP contribution in [0.2, 0.25) is 5.02 Å². The summed E-state index contributed by atoms with van der Waals surface area (Å²) in [5.74, 6) is -0.960. The molecule has 0 aliphatic heterocycles. The maximum Gasteiger partial charge on any atom is 0.340 e. The molecule has 0 aliphatic carbocycles. The zero-order valence-electron chi connectivity index (χ0n) is 16.0. The lowest BCUT2D eigenvalue weighted by atomic mass is 10.0. The molecule has 144 valence electrons. The van der Waals surface area contributed by atoms with Gasteiger partial charge in [0.2, 0.25) is 0 Å². The Morgan fingerprint density at radius 1 is 1.11 bits per heavy atom. The fourth-order valence-corrected chi connectivity index (χ4v) is 3.52. The van der Waals surface area contributed by atoms with Gasteiger partial charge in [-0.15, -0.1) is 0 Å². The number of rotatable bonds is 5. The molecule has 0 aliphatic rings. The summed E-state index contributed by atoms with van der Waals surface area (Å²) in [5, 5.41) is 4.24. The Bertz CT molecular complexity index is 1050. The van der Waals surface area contributed by atoms with Gasteiger partial charge in [0.05, 0.1) is 22.8 Å². The molecule has 1 N–H and O–H groups in total. The molecule has 1 amide bonds. The van der Waals surface area contributed by atoms with Crippen molar-refractivity contribution in [3.63, 3.8) is 0 Å². The summed E-state index contributed by atoms with van der Waals surface area (Å²) < 4.78 is 5.24. The van der Waals surface area contributed by atoms with Crippen LogP contribution >= 0.6 is 11.6 Å². The van der Waals surface area contributed by atoms with Gasteiger partial charge in [-0.1, -0.05) is 48.0 Å². The molecule has 6 heteroatoms. The maximum atomic E-state index is 12.6. The summed E-state index contributed by atoms with van der Waals surface area (Å²) in [5.41, 5.74) is 3.38. The van der Waals surface area contributed by atoms with Crippen molar-refractivity contribution in [3.8, 4) is 0 Å². The smallest absolute Gasteiger partial charge is 0.340 e. The van der Waals surface area contributed by atoms with Crippen LogP contribution in [-0.4, -0.2) is 23.5 Å². The van der Waals surface area contributed by atoms with Gasteiger partial charge in [0, 0.05) is 10.4 Å². The van der Waals surface area contributed by atoms with E-state index < -0.39 is 11.9 Å². The largest absolute Gasteiger partial charge is 0.452 e. The first kappa shape index (κ1) is 19.8. The topological polar surface area (TPSA) is 68.3 Å². The highest BCUT2D eigenvalue weighted by atomic mass is 35.5. The third kappa shape index (κ3) is 4.15. The van der Waals surface area contributed by atoms with E-state index in [4.69, 9.17) is 16.3 Å². The molecule has 5 nitrogen and oxygen atoms in total. The molecule has 0 unspecified atom stereocenters. The van der Waals surface area contributed by atoms with Crippen LogP contribution in [0.15, 0.2) is 48.5 Å². The van der Waals surface area contributed by atoms with Crippen molar-refractivity contribution in [1.29, 1.82) is 0 Å². The number of fused-ring (bicyclic) bond motifs is 1. The van der Waals surface area contributed by atoms with Gasteiger partial charge in [-0.3, -0.25) is 9.78 Å². The predicted molar refractivity (Wildman–Crippen MR) is 110 cm³/mol. The first-order chi connectivity index (χ1) is 13.4. The summed E-state index contributed by atoms with van der Waals surface area (Å²) in [7, 11) is 0. The monoisotopic (exact) mass is 396 g/mol. The van der Waals surface area contributed by atoms with Gasteiger partial charge in [0.15, 0.2) is 6.61 Å². The van der Waals surface area contributed by atoms with Crippen molar-refractivity contribution in [2.45, 2.75) is 26.8 Å². The van der Waals surface area contributed by atoms with Gasteiger partial charge in [0.25, 0.3) is 5.91 Å². The predicted octanol–water partition coefficient (Wildman–Crippen LogP) is 4.54. The Balaban J connectivity index is 1.68. The van der Waals surface area contributed by atoms with E-state index in [0.717, 1.165) is 22.0 Å². The van der Waals surface area contributed by atoms with Crippen LogP contribution in [0.25, 0.3) is 10.9 Å². The maximum absolute atomic E-state index is 12.6. The van der Waals surface area contributed by atoms with Crippen molar-refractivity contribution in [3.05, 3.63) is 75.9 Å². The van der Waals surface area contributed by atoms with Crippen molar-refractivity contribution < 1.29 is 14.3 Å².